The van der Waals surface area contributed by atoms with Gasteiger partial charge in [0.1, 0.15) is 12.4 Å². The first kappa shape index (κ1) is 15.8. The lowest BCUT2D eigenvalue weighted by atomic mass is 10.2. The van der Waals surface area contributed by atoms with Crippen molar-refractivity contribution >= 4 is 11.6 Å². The van der Waals surface area contributed by atoms with Crippen LogP contribution in [0.25, 0.3) is 0 Å². The van der Waals surface area contributed by atoms with Crippen LogP contribution in [0.1, 0.15) is 37.6 Å². The molecule has 1 atom stereocenters. The van der Waals surface area contributed by atoms with E-state index in [1.165, 1.54) is 0 Å². The van der Waals surface area contributed by atoms with Crippen LogP contribution in [0.5, 0.6) is 5.75 Å². The number of nitrogens with zero attached hydrogens (tertiary/aromatic N) is 1. The van der Waals surface area contributed by atoms with Crippen LogP contribution in [0.15, 0.2) is 42.6 Å². The van der Waals surface area contributed by atoms with E-state index in [0.29, 0.717) is 6.61 Å². The van der Waals surface area contributed by atoms with E-state index < -0.39 is 0 Å². The summed E-state index contributed by atoms with van der Waals surface area (Å²) in [7, 11) is 0. The fourth-order valence-corrected chi connectivity index (χ4v) is 2.20. The third-order valence-corrected chi connectivity index (χ3v) is 3.43. The van der Waals surface area contributed by atoms with Crippen molar-refractivity contribution in [1.29, 1.82) is 0 Å². The molecule has 1 unspecified atom stereocenters. The Morgan fingerprint density at radius 2 is 2.14 bits per heavy atom. The van der Waals surface area contributed by atoms with Crippen LogP contribution in [-0.2, 0) is 6.61 Å². The second-order valence-corrected chi connectivity index (χ2v) is 5.45. The number of nitrogens with one attached hydrogen (secondary N) is 1. The second kappa shape index (κ2) is 8.01. The smallest absolute Gasteiger partial charge is 0.138 e. The van der Waals surface area contributed by atoms with Crippen LogP contribution in [0.2, 0.25) is 5.02 Å². The van der Waals surface area contributed by atoms with Crippen molar-refractivity contribution in [3.63, 3.8) is 0 Å². The van der Waals surface area contributed by atoms with Gasteiger partial charge in [-0.25, -0.2) is 0 Å². The Kier molecular flexibility index (Phi) is 6.03. The lowest BCUT2D eigenvalue weighted by Gasteiger charge is -2.13. The molecule has 2 aromatic rings. The zero-order chi connectivity index (χ0) is 15.1. The molecule has 1 N–H and O–H groups in total. The van der Waals surface area contributed by atoms with Gasteiger partial charge in [-0.15, -0.1) is 0 Å². The van der Waals surface area contributed by atoms with Gasteiger partial charge in [-0.2, -0.15) is 0 Å². The normalized spacial score (nSPS) is 12.1. The van der Waals surface area contributed by atoms with Gasteiger partial charge in [0.25, 0.3) is 0 Å². The largest absolute Gasteiger partial charge is 0.487 e. The van der Waals surface area contributed by atoms with E-state index in [9.17, 15) is 0 Å². The molecule has 0 bridgehead atoms. The van der Waals surface area contributed by atoms with Crippen molar-refractivity contribution in [2.45, 2.75) is 32.9 Å². The Labute approximate surface area is 131 Å². The van der Waals surface area contributed by atoms with Crippen molar-refractivity contribution in [3.05, 3.63) is 58.9 Å². The zero-order valence-electron chi connectivity index (χ0n) is 12.5. The minimum absolute atomic E-state index is 0.256. The van der Waals surface area contributed by atoms with Crippen molar-refractivity contribution in [1.82, 2.24) is 10.3 Å². The molecule has 0 aliphatic carbocycles. The molecule has 4 heteroatoms. The highest BCUT2D eigenvalue weighted by atomic mass is 35.5. The first-order valence-electron chi connectivity index (χ1n) is 7.25. The highest BCUT2D eigenvalue weighted by Crippen LogP contribution is 2.17. The van der Waals surface area contributed by atoms with E-state index in [4.69, 9.17) is 16.3 Å². The van der Waals surface area contributed by atoms with Crippen LogP contribution in [-0.4, -0.2) is 11.5 Å². The summed E-state index contributed by atoms with van der Waals surface area (Å²) in [5, 5.41) is 4.14. The molecule has 0 radical (unpaired) electrons. The quantitative estimate of drug-likeness (QED) is 0.824. The summed E-state index contributed by atoms with van der Waals surface area (Å²) in [6.45, 7) is 5.76. The SMILES string of the molecule is CCCNC(C)c1ccc(OCc2cccc(Cl)c2)cn1. The summed E-state index contributed by atoms with van der Waals surface area (Å²) in [6, 6.07) is 11.9. The molecule has 112 valence electrons. The molecule has 1 aromatic carbocycles. The first-order chi connectivity index (χ1) is 10.2. The van der Waals surface area contributed by atoms with Crippen LogP contribution in [0.4, 0.5) is 0 Å². The molecule has 0 saturated heterocycles. The summed E-state index contributed by atoms with van der Waals surface area (Å²) in [6.07, 6.45) is 2.88. The third kappa shape index (κ3) is 5.03. The zero-order valence-corrected chi connectivity index (χ0v) is 13.2. The molecule has 0 aliphatic heterocycles. The highest BCUT2D eigenvalue weighted by molar-refractivity contribution is 6.30. The molecule has 21 heavy (non-hydrogen) atoms. The van der Waals surface area contributed by atoms with Gasteiger partial charge >= 0.3 is 0 Å². The minimum Gasteiger partial charge on any atom is -0.487 e. The van der Waals surface area contributed by atoms with Gasteiger partial charge in [-0.1, -0.05) is 30.7 Å². The van der Waals surface area contributed by atoms with E-state index in [1.54, 1.807) is 6.20 Å². The predicted octanol–water partition coefficient (Wildman–Crippen LogP) is 4.37. The number of halogens is 1. The summed E-state index contributed by atoms with van der Waals surface area (Å²) in [4.78, 5) is 4.45. The molecule has 1 aromatic heterocycles. The van der Waals surface area contributed by atoms with Crippen LogP contribution >= 0.6 is 11.6 Å². The molecular formula is C17H21ClN2O. The van der Waals surface area contributed by atoms with Crippen LogP contribution in [0.3, 0.4) is 0 Å². The van der Waals surface area contributed by atoms with Crippen molar-refractivity contribution in [2.24, 2.45) is 0 Å². The van der Waals surface area contributed by atoms with Crippen LogP contribution < -0.4 is 10.1 Å². The maximum atomic E-state index is 5.95. The van der Waals surface area contributed by atoms with Gasteiger partial charge in [0.2, 0.25) is 0 Å². The molecule has 3 nitrogen and oxygen atoms in total. The number of ether oxygens (including phenoxy) is 1. The Hall–Kier alpha value is -1.58. The Morgan fingerprint density at radius 1 is 1.29 bits per heavy atom. The van der Waals surface area contributed by atoms with E-state index in [1.807, 2.05) is 36.4 Å². The van der Waals surface area contributed by atoms with Crippen LogP contribution in [0, 0.1) is 0 Å². The summed E-state index contributed by atoms with van der Waals surface area (Å²) >= 11 is 5.95. The average molecular weight is 305 g/mol. The van der Waals surface area contributed by atoms with Gasteiger partial charge < -0.3 is 10.1 Å². The summed E-state index contributed by atoms with van der Waals surface area (Å²) < 4.78 is 5.72. The average Bonchev–Trinajstić information content (AvgIpc) is 2.51. The van der Waals surface area contributed by atoms with Crippen molar-refractivity contribution in [3.8, 4) is 5.75 Å². The molecule has 0 saturated carbocycles. The molecule has 0 aliphatic rings. The van der Waals surface area contributed by atoms with E-state index >= 15 is 0 Å². The van der Waals surface area contributed by atoms with E-state index in [-0.39, 0.29) is 6.04 Å². The maximum Gasteiger partial charge on any atom is 0.138 e. The standard InChI is InChI=1S/C17H21ClN2O/c1-3-9-19-13(2)17-8-7-16(11-20-17)21-12-14-5-4-6-15(18)10-14/h4-8,10-11,13,19H,3,9,12H2,1-2H3. The Morgan fingerprint density at radius 3 is 2.81 bits per heavy atom. The summed E-state index contributed by atoms with van der Waals surface area (Å²) in [5.41, 5.74) is 2.07. The predicted molar refractivity (Wildman–Crippen MR) is 86.7 cm³/mol. The van der Waals surface area contributed by atoms with Gasteiger partial charge in [-0.05, 0) is 49.7 Å². The van der Waals surface area contributed by atoms with Crippen molar-refractivity contribution < 1.29 is 4.74 Å². The van der Waals surface area contributed by atoms with Gasteiger partial charge in [-0.3, -0.25) is 4.98 Å². The molecule has 1 heterocycles. The minimum atomic E-state index is 0.256. The topological polar surface area (TPSA) is 34.1 Å². The number of hydrogen-bond acceptors (Lipinski definition) is 3. The summed E-state index contributed by atoms with van der Waals surface area (Å²) in [5.74, 6) is 0.765. The van der Waals surface area contributed by atoms with Gasteiger partial charge in [0.15, 0.2) is 0 Å². The number of aromatic nitrogens is 1. The number of rotatable bonds is 7. The van der Waals surface area contributed by atoms with Gasteiger partial charge in [0.05, 0.1) is 11.9 Å². The first-order valence-corrected chi connectivity index (χ1v) is 7.63. The lowest BCUT2D eigenvalue weighted by molar-refractivity contribution is 0.304. The maximum absolute atomic E-state index is 5.95. The molecular weight excluding hydrogens is 284 g/mol. The molecule has 2 rings (SSSR count). The highest BCUT2D eigenvalue weighted by Gasteiger charge is 2.05. The monoisotopic (exact) mass is 304 g/mol. The lowest BCUT2D eigenvalue weighted by Crippen LogP contribution is -2.20. The fraction of sp³-hybridized carbons (Fsp3) is 0.353. The second-order valence-electron chi connectivity index (χ2n) is 5.01. The fourth-order valence-electron chi connectivity index (χ4n) is 1.99. The van der Waals surface area contributed by atoms with Gasteiger partial charge in [0, 0.05) is 11.1 Å². The van der Waals surface area contributed by atoms with E-state index in [2.05, 4.69) is 24.1 Å². The number of pyridine rings is 1. The van der Waals surface area contributed by atoms with E-state index in [0.717, 1.165) is 35.0 Å². The molecule has 0 fully saturated rings. The number of hydrogen-bond donors (Lipinski definition) is 1. The van der Waals surface area contributed by atoms with Crippen molar-refractivity contribution in [2.75, 3.05) is 6.54 Å². The Bertz CT molecular complexity index is 557. The third-order valence-electron chi connectivity index (χ3n) is 3.20. The molecule has 0 spiro atoms. The Balaban J connectivity index is 1.90. The number of benzene rings is 1. The molecule has 0 amide bonds.